The van der Waals surface area contributed by atoms with Gasteiger partial charge in [-0.1, -0.05) is 62.5 Å². The molecule has 0 fully saturated rings. The van der Waals surface area contributed by atoms with E-state index in [0.717, 1.165) is 16.7 Å². The molecular weight excluding hydrogens is 437 g/mol. The van der Waals surface area contributed by atoms with Gasteiger partial charge >= 0.3 is 5.97 Å². The second-order valence-electron chi connectivity index (χ2n) is 6.75. The molecule has 0 aliphatic heterocycles. The average molecular weight is 461 g/mol. The number of carboxylic acid groups (broad SMARTS) is 1. The van der Waals surface area contributed by atoms with Crippen molar-refractivity contribution in [2.75, 3.05) is 11.9 Å². The molecule has 2 aromatic rings. The van der Waals surface area contributed by atoms with Gasteiger partial charge < -0.3 is 15.2 Å². The molecule has 1 heterocycles. The highest BCUT2D eigenvalue weighted by atomic mass is 35.5. The molecule has 29 heavy (non-hydrogen) atoms. The van der Waals surface area contributed by atoms with E-state index in [-0.39, 0.29) is 18.9 Å². The van der Waals surface area contributed by atoms with Crippen molar-refractivity contribution in [3.05, 3.63) is 38.0 Å². The molecule has 1 aromatic heterocycles. The molecule has 0 saturated heterocycles. The average Bonchev–Trinajstić information content (AvgIpc) is 2.66. The van der Waals surface area contributed by atoms with Gasteiger partial charge in [-0.2, -0.15) is 0 Å². The zero-order valence-electron chi connectivity index (χ0n) is 16.8. The Hall–Kier alpha value is -1.76. The van der Waals surface area contributed by atoms with E-state index in [4.69, 9.17) is 44.6 Å². The fourth-order valence-electron chi connectivity index (χ4n) is 2.92. The summed E-state index contributed by atoms with van der Waals surface area (Å²) in [6, 6.07) is 1.76. The number of hydrogen-bond acceptors (Lipinski definition) is 5. The minimum atomic E-state index is -0.904. The van der Waals surface area contributed by atoms with Gasteiger partial charge in [0.05, 0.1) is 22.2 Å². The number of aliphatic carboxylic acids is 1. The topological polar surface area (TPSA) is 84.3 Å². The lowest BCUT2D eigenvalue weighted by Gasteiger charge is -2.21. The van der Waals surface area contributed by atoms with E-state index in [2.05, 4.69) is 15.5 Å². The number of ether oxygens (including phenoxy) is 1. The van der Waals surface area contributed by atoms with Gasteiger partial charge in [-0.25, -0.2) is 0 Å². The molecule has 0 unspecified atom stereocenters. The molecule has 0 spiro atoms. The Morgan fingerprint density at radius 1 is 1.14 bits per heavy atom. The maximum Gasteiger partial charge on any atom is 0.305 e. The number of halogens is 3. The van der Waals surface area contributed by atoms with E-state index >= 15 is 0 Å². The number of hydrogen-bond donors (Lipinski definition) is 2. The quantitative estimate of drug-likeness (QED) is 0.452. The van der Waals surface area contributed by atoms with Crippen LogP contribution in [0.1, 0.15) is 56.7 Å². The summed E-state index contributed by atoms with van der Waals surface area (Å²) in [5.41, 5.74) is 2.86. The van der Waals surface area contributed by atoms with E-state index < -0.39 is 5.97 Å². The first-order valence-corrected chi connectivity index (χ1v) is 10.5. The number of anilines is 1. The molecular formula is C20H24Cl3N3O3. The number of nitrogens with zero attached hydrogens (tertiary/aromatic N) is 2. The summed E-state index contributed by atoms with van der Waals surface area (Å²) in [6.45, 7) is 8.13. The third-order valence-electron chi connectivity index (χ3n) is 4.45. The monoisotopic (exact) mass is 459 g/mol. The molecule has 0 saturated carbocycles. The van der Waals surface area contributed by atoms with Crippen LogP contribution in [0, 0.1) is 0 Å². The Morgan fingerprint density at radius 2 is 1.72 bits per heavy atom. The highest BCUT2D eigenvalue weighted by Crippen LogP contribution is 2.45. The van der Waals surface area contributed by atoms with Crippen LogP contribution in [-0.4, -0.2) is 27.8 Å². The molecule has 0 bridgehead atoms. The second kappa shape index (κ2) is 10.3. The van der Waals surface area contributed by atoms with Gasteiger partial charge in [-0.05, 0) is 24.3 Å². The van der Waals surface area contributed by atoms with E-state index in [1.807, 2.05) is 27.7 Å². The first kappa shape index (κ1) is 23.5. The summed E-state index contributed by atoms with van der Waals surface area (Å²) in [7, 11) is 0. The summed E-state index contributed by atoms with van der Waals surface area (Å²) < 4.78 is 6.10. The van der Waals surface area contributed by atoms with Crippen molar-refractivity contribution in [2.24, 2.45) is 0 Å². The number of aromatic nitrogens is 2. The maximum absolute atomic E-state index is 10.8. The number of carbonyl (C=O) groups is 1. The number of rotatable bonds is 9. The van der Waals surface area contributed by atoms with Crippen LogP contribution in [0.15, 0.2) is 6.07 Å². The Labute approximate surface area is 185 Å². The van der Waals surface area contributed by atoms with Gasteiger partial charge in [-0.15, -0.1) is 10.2 Å². The molecule has 158 valence electrons. The maximum atomic E-state index is 10.8. The van der Waals surface area contributed by atoms with Crippen molar-refractivity contribution in [3.8, 4) is 11.6 Å². The standard InChI is InChI=1S/C20H24Cl3N3O3/c1-5-11-16(21)18(24-8-7-15(27)28)17(22)12(6-2)19(11)29-14-9-13(10(3)4)20(23)26-25-14/h9-10,24H,5-8H2,1-4H3,(H,27,28). The molecule has 0 radical (unpaired) electrons. The summed E-state index contributed by atoms with van der Waals surface area (Å²) in [5, 5.41) is 21.1. The minimum absolute atomic E-state index is 0.0494. The third kappa shape index (κ3) is 5.44. The fraction of sp³-hybridized carbons (Fsp3) is 0.450. The lowest BCUT2D eigenvalue weighted by atomic mass is 10.0. The summed E-state index contributed by atoms with van der Waals surface area (Å²) >= 11 is 19.3. The molecule has 0 amide bonds. The van der Waals surface area contributed by atoms with Crippen LogP contribution in [0.2, 0.25) is 15.2 Å². The van der Waals surface area contributed by atoms with Gasteiger partial charge in [0.1, 0.15) is 5.75 Å². The summed E-state index contributed by atoms with van der Waals surface area (Å²) in [6.07, 6.45) is 1.13. The smallest absolute Gasteiger partial charge is 0.305 e. The lowest BCUT2D eigenvalue weighted by molar-refractivity contribution is -0.136. The highest BCUT2D eigenvalue weighted by molar-refractivity contribution is 6.40. The van der Waals surface area contributed by atoms with Crippen LogP contribution in [-0.2, 0) is 17.6 Å². The van der Waals surface area contributed by atoms with Gasteiger partial charge in [0, 0.05) is 23.7 Å². The van der Waals surface area contributed by atoms with E-state index in [1.165, 1.54) is 0 Å². The molecule has 9 heteroatoms. The van der Waals surface area contributed by atoms with E-state index in [0.29, 0.717) is 45.4 Å². The summed E-state index contributed by atoms with van der Waals surface area (Å²) in [5.74, 6) is 0.101. The van der Waals surface area contributed by atoms with Crippen LogP contribution < -0.4 is 10.1 Å². The number of nitrogens with one attached hydrogen (secondary N) is 1. The highest BCUT2D eigenvalue weighted by Gasteiger charge is 2.23. The molecule has 1 aromatic carbocycles. The molecule has 0 aliphatic rings. The zero-order valence-corrected chi connectivity index (χ0v) is 19.0. The van der Waals surface area contributed by atoms with Crippen molar-refractivity contribution in [1.82, 2.24) is 10.2 Å². The first-order chi connectivity index (χ1) is 13.7. The first-order valence-electron chi connectivity index (χ1n) is 9.40. The van der Waals surface area contributed by atoms with Gasteiger partial charge in [0.25, 0.3) is 0 Å². The van der Waals surface area contributed by atoms with Crippen molar-refractivity contribution >= 4 is 46.5 Å². The Kier molecular flexibility index (Phi) is 8.37. The zero-order chi connectivity index (χ0) is 21.7. The van der Waals surface area contributed by atoms with Crippen LogP contribution in [0.25, 0.3) is 0 Å². The fourth-order valence-corrected chi connectivity index (χ4v) is 4.04. The van der Waals surface area contributed by atoms with Crippen LogP contribution in [0.5, 0.6) is 11.6 Å². The molecule has 2 rings (SSSR count). The Morgan fingerprint density at radius 3 is 2.21 bits per heavy atom. The summed E-state index contributed by atoms with van der Waals surface area (Å²) in [4.78, 5) is 10.8. The van der Waals surface area contributed by atoms with Gasteiger partial charge in [-0.3, -0.25) is 4.79 Å². The van der Waals surface area contributed by atoms with Gasteiger partial charge in [0.2, 0.25) is 5.88 Å². The van der Waals surface area contributed by atoms with Crippen molar-refractivity contribution in [1.29, 1.82) is 0 Å². The largest absolute Gasteiger partial charge is 0.481 e. The van der Waals surface area contributed by atoms with Crippen molar-refractivity contribution in [2.45, 2.75) is 52.9 Å². The molecule has 0 aliphatic carbocycles. The predicted octanol–water partition coefficient (Wildman–Crippen LogP) is 6.36. The number of carboxylic acids is 1. The molecule has 2 N–H and O–H groups in total. The van der Waals surface area contributed by atoms with Crippen molar-refractivity contribution < 1.29 is 14.6 Å². The molecule has 0 atom stereocenters. The van der Waals surface area contributed by atoms with Crippen LogP contribution >= 0.6 is 34.8 Å². The van der Waals surface area contributed by atoms with Gasteiger partial charge in [0.15, 0.2) is 5.15 Å². The number of benzene rings is 1. The predicted molar refractivity (Wildman–Crippen MR) is 117 cm³/mol. The Balaban J connectivity index is 2.52. The minimum Gasteiger partial charge on any atom is -0.481 e. The van der Waals surface area contributed by atoms with Crippen molar-refractivity contribution in [3.63, 3.8) is 0 Å². The van der Waals surface area contributed by atoms with Crippen LogP contribution in [0.3, 0.4) is 0 Å². The lowest BCUT2D eigenvalue weighted by Crippen LogP contribution is -2.10. The second-order valence-corrected chi connectivity index (χ2v) is 7.87. The molecule has 6 nitrogen and oxygen atoms in total. The normalized spacial score (nSPS) is 11.0. The Bertz CT molecular complexity index is 873. The van der Waals surface area contributed by atoms with E-state index in [1.54, 1.807) is 6.07 Å². The third-order valence-corrected chi connectivity index (χ3v) is 5.58. The van der Waals surface area contributed by atoms with Crippen LogP contribution in [0.4, 0.5) is 5.69 Å². The SMILES string of the molecule is CCc1c(Cl)c(NCCC(=O)O)c(Cl)c(CC)c1Oc1cc(C(C)C)c(Cl)nn1. The van der Waals surface area contributed by atoms with E-state index in [9.17, 15) is 4.79 Å².